The largest absolute Gasteiger partial charge is 0.337 e. The molecule has 0 saturated heterocycles. The van der Waals surface area contributed by atoms with Crippen molar-refractivity contribution in [2.75, 3.05) is 0 Å². The molecule has 0 N–H and O–H groups in total. The Balaban J connectivity index is 3.10. The molecule has 0 aliphatic heterocycles. The lowest BCUT2D eigenvalue weighted by atomic mass is 9.92. The van der Waals surface area contributed by atoms with Gasteiger partial charge >= 0.3 is 0 Å². The highest BCUT2D eigenvalue weighted by Gasteiger charge is 2.22. The van der Waals surface area contributed by atoms with Gasteiger partial charge in [-0.05, 0) is 13.8 Å². The molecule has 0 unspecified atom stereocenters. The second-order valence-electron chi connectivity index (χ2n) is 3.23. The van der Waals surface area contributed by atoms with Crippen molar-refractivity contribution in [1.29, 1.82) is 0 Å². The van der Waals surface area contributed by atoms with Crippen molar-refractivity contribution in [1.82, 2.24) is 9.55 Å². The lowest BCUT2D eigenvalue weighted by Crippen LogP contribution is -2.21. The molecule has 0 amide bonds. The second kappa shape index (κ2) is 2.49. The molecule has 1 aromatic rings. The van der Waals surface area contributed by atoms with Crippen LogP contribution in [-0.4, -0.2) is 15.8 Å². The summed E-state index contributed by atoms with van der Waals surface area (Å²) in [5.41, 5.74) is 0.512. The van der Waals surface area contributed by atoms with Gasteiger partial charge in [0.25, 0.3) is 0 Å². The van der Waals surface area contributed by atoms with Gasteiger partial charge in [-0.2, -0.15) is 0 Å². The summed E-state index contributed by atoms with van der Waals surface area (Å²) in [6.45, 7) is 3.74. The topological polar surface area (TPSA) is 34.9 Å². The molecule has 1 aromatic heterocycles. The molecule has 0 saturated carbocycles. The van der Waals surface area contributed by atoms with Gasteiger partial charge < -0.3 is 9.36 Å². The van der Waals surface area contributed by atoms with Crippen LogP contribution < -0.4 is 0 Å². The Labute approximate surface area is 66.1 Å². The van der Waals surface area contributed by atoms with Crippen LogP contribution in [0.25, 0.3) is 0 Å². The Morgan fingerprint density at radius 3 is 2.64 bits per heavy atom. The maximum absolute atomic E-state index is 10.6. The number of carbonyl (C=O) groups is 1. The number of aldehydes is 1. The average Bonchev–Trinajstić information content (AvgIpc) is 2.36. The molecule has 0 bridgehead atoms. The van der Waals surface area contributed by atoms with E-state index in [2.05, 4.69) is 4.98 Å². The lowest BCUT2D eigenvalue weighted by molar-refractivity contribution is -0.111. The quantitative estimate of drug-likeness (QED) is 0.590. The Morgan fingerprint density at radius 1 is 1.64 bits per heavy atom. The summed E-state index contributed by atoms with van der Waals surface area (Å²) in [6.07, 6.45) is 4.35. The van der Waals surface area contributed by atoms with Crippen molar-refractivity contribution in [2.24, 2.45) is 7.05 Å². The van der Waals surface area contributed by atoms with Crippen molar-refractivity contribution in [3.63, 3.8) is 0 Å². The number of nitrogens with zero attached hydrogens (tertiary/aromatic N) is 2. The zero-order chi connectivity index (χ0) is 8.48. The zero-order valence-corrected chi connectivity index (χ0v) is 7.03. The first-order chi connectivity index (χ1) is 5.08. The first-order valence-corrected chi connectivity index (χ1v) is 3.51. The first-order valence-electron chi connectivity index (χ1n) is 3.51. The standard InChI is InChI=1S/C8H12N2O/c1-8(2,5-11)7-4-9-6-10(7)3/h4-6H,1-3H3. The molecule has 1 rings (SSSR count). The molecule has 1 heterocycles. The van der Waals surface area contributed by atoms with Crippen LogP contribution in [0.3, 0.4) is 0 Å². The van der Waals surface area contributed by atoms with E-state index in [1.165, 1.54) is 0 Å². The van der Waals surface area contributed by atoms with Gasteiger partial charge in [0, 0.05) is 18.9 Å². The van der Waals surface area contributed by atoms with Crippen molar-refractivity contribution < 1.29 is 4.79 Å². The molecule has 0 spiro atoms. The van der Waals surface area contributed by atoms with Crippen LogP contribution in [-0.2, 0) is 17.3 Å². The van der Waals surface area contributed by atoms with Crippen molar-refractivity contribution in [3.8, 4) is 0 Å². The molecule has 3 nitrogen and oxygen atoms in total. The number of aromatic nitrogens is 2. The molecule has 0 aliphatic rings. The third kappa shape index (κ3) is 1.31. The fourth-order valence-corrected chi connectivity index (χ4v) is 1.04. The minimum absolute atomic E-state index is 0.425. The monoisotopic (exact) mass is 152 g/mol. The maximum Gasteiger partial charge on any atom is 0.131 e. The van der Waals surface area contributed by atoms with E-state index in [0.717, 1.165) is 12.0 Å². The summed E-state index contributed by atoms with van der Waals surface area (Å²) in [4.78, 5) is 14.6. The van der Waals surface area contributed by atoms with Crippen LogP contribution in [0.2, 0.25) is 0 Å². The Bertz CT molecular complexity index is 263. The molecule has 0 fully saturated rings. The number of imidazole rings is 1. The third-order valence-corrected chi connectivity index (χ3v) is 1.77. The van der Waals surface area contributed by atoms with Crippen LogP contribution in [0.4, 0.5) is 0 Å². The molecular weight excluding hydrogens is 140 g/mol. The molecule has 0 aliphatic carbocycles. The summed E-state index contributed by atoms with van der Waals surface area (Å²) in [7, 11) is 1.88. The van der Waals surface area contributed by atoms with Gasteiger partial charge in [-0.15, -0.1) is 0 Å². The van der Waals surface area contributed by atoms with Crippen molar-refractivity contribution >= 4 is 6.29 Å². The smallest absolute Gasteiger partial charge is 0.131 e. The molecular formula is C8H12N2O. The van der Waals surface area contributed by atoms with Gasteiger partial charge in [0.05, 0.1) is 11.7 Å². The van der Waals surface area contributed by atoms with E-state index in [1.54, 1.807) is 12.5 Å². The van der Waals surface area contributed by atoms with Crippen molar-refractivity contribution in [2.45, 2.75) is 19.3 Å². The minimum Gasteiger partial charge on any atom is -0.337 e. The normalized spacial score (nSPS) is 11.5. The second-order valence-corrected chi connectivity index (χ2v) is 3.23. The van der Waals surface area contributed by atoms with Gasteiger partial charge in [0.1, 0.15) is 6.29 Å². The van der Waals surface area contributed by atoms with E-state index in [1.807, 2.05) is 25.5 Å². The van der Waals surface area contributed by atoms with Crippen LogP contribution in [0, 0.1) is 0 Å². The predicted molar refractivity (Wildman–Crippen MR) is 42.3 cm³/mol. The highest BCUT2D eigenvalue weighted by atomic mass is 16.1. The highest BCUT2D eigenvalue weighted by molar-refractivity contribution is 5.65. The molecule has 0 radical (unpaired) electrons. The van der Waals surface area contributed by atoms with Gasteiger partial charge in [0.15, 0.2) is 0 Å². The van der Waals surface area contributed by atoms with Crippen LogP contribution >= 0.6 is 0 Å². The van der Waals surface area contributed by atoms with E-state index in [9.17, 15) is 4.79 Å². The predicted octanol–water partition coefficient (Wildman–Crippen LogP) is 0.897. The number of hydrogen-bond acceptors (Lipinski definition) is 2. The molecule has 60 valence electrons. The summed E-state index contributed by atoms with van der Waals surface area (Å²) >= 11 is 0. The minimum atomic E-state index is -0.425. The van der Waals surface area contributed by atoms with Gasteiger partial charge in [0.2, 0.25) is 0 Å². The lowest BCUT2D eigenvalue weighted by Gasteiger charge is -2.16. The van der Waals surface area contributed by atoms with E-state index in [-0.39, 0.29) is 0 Å². The van der Waals surface area contributed by atoms with Gasteiger partial charge in [-0.3, -0.25) is 0 Å². The SMILES string of the molecule is Cn1cncc1C(C)(C)C=O. The highest BCUT2D eigenvalue weighted by Crippen LogP contribution is 2.18. The number of rotatable bonds is 2. The van der Waals surface area contributed by atoms with E-state index >= 15 is 0 Å². The van der Waals surface area contributed by atoms with Gasteiger partial charge in [-0.1, -0.05) is 0 Å². The molecule has 3 heteroatoms. The third-order valence-electron chi connectivity index (χ3n) is 1.77. The Hall–Kier alpha value is -1.12. The number of hydrogen-bond donors (Lipinski definition) is 0. The van der Waals surface area contributed by atoms with E-state index in [0.29, 0.717) is 0 Å². The zero-order valence-electron chi connectivity index (χ0n) is 7.03. The van der Waals surface area contributed by atoms with Crippen LogP contribution in [0.5, 0.6) is 0 Å². The van der Waals surface area contributed by atoms with Crippen LogP contribution in [0.15, 0.2) is 12.5 Å². The van der Waals surface area contributed by atoms with Gasteiger partial charge in [-0.25, -0.2) is 4.98 Å². The summed E-state index contributed by atoms with van der Waals surface area (Å²) in [5, 5.41) is 0. The number of carbonyl (C=O) groups excluding carboxylic acids is 1. The molecule has 0 atom stereocenters. The molecule has 0 aromatic carbocycles. The van der Waals surface area contributed by atoms with E-state index in [4.69, 9.17) is 0 Å². The summed E-state index contributed by atoms with van der Waals surface area (Å²) < 4.78 is 1.86. The van der Waals surface area contributed by atoms with Crippen molar-refractivity contribution in [3.05, 3.63) is 18.2 Å². The molecule has 11 heavy (non-hydrogen) atoms. The Morgan fingerprint density at radius 2 is 2.27 bits per heavy atom. The maximum atomic E-state index is 10.6. The Kier molecular flexibility index (Phi) is 1.81. The van der Waals surface area contributed by atoms with E-state index < -0.39 is 5.41 Å². The first kappa shape index (κ1) is 7.98. The number of aryl methyl sites for hydroxylation is 1. The fourth-order valence-electron chi connectivity index (χ4n) is 1.04. The fraction of sp³-hybridized carbons (Fsp3) is 0.500. The van der Waals surface area contributed by atoms with Crippen LogP contribution in [0.1, 0.15) is 19.5 Å². The average molecular weight is 152 g/mol. The summed E-state index contributed by atoms with van der Waals surface area (Å²) in [5.74, 6) is 0. The summed E-state index contributed by atoms with van der Waals surface area (Å²) in [6, 6.07) is 0.